The minimum atomic E-state index is -0.361. The molecule has 1 fully saturated rings. The zero-order chi connectivity index (χ0) is 13.7. The molecule has 1 saturated carbocycles. The highest BCUT2D eigenvalue weighted by atomic mass is 16.2. The first-order valence-electron chi connectivity index (χ1n) is 6.41. The van der Waals surface area contributed by atoms with Gasteiger partial charge in [0.05, 0.1) is 17.9 Å². The summed E-state index contributed by atoms with van der Waals surface area (Å²) in [6.45, 7) is 0. The number of benzene rings is 1. The van der Waals surface area contributed by atoms with E-state index >= 15 is 0 Å². The first kappa shape index (κ1) is 13.2. The molecule has 1 aromatic carbocycles. The Balaban J connectivity index is 2.03. The number of nitrogens with zero attached hydrogens (tertiary/aromatic N) is 1. The second-order valence-corrected chi connectivity index (χ2v) is 5.00. The molecule has 0 radical (unpaired) electrons. The van der Waals surface area contributed by atoms with Crippen LogP contribution in [0.4, 0.5) is 5.69 Å². The summed E-state index contributed by atoms with van der Waals surface area (Å²) in [4.78, 5) is 12.3. The molecular weight excluding hydrogens is 236 g/mol. The van der Waals surface area contributed by atoms with Crippen molar-refractivity contribution < 1.29 is 4.79 Å². The van der Waals surface area contributed by atoms with Crippen molar-refractivity contribution in [3.05, 3.63) is 29.8 Å². The van der Waals surface area contributed by atoms with Gasteiger partial charge in [0.1, 0.15) is 0 Å². The molecule has 19 heavy (non-hydrogen) atoms. The molecule has 96 valence electrons. The fourth-order valence-electron chi connectivity index (χ4n) is 2.34. The summed E-state index contributed by atoms with van der Waals surface area (Å²) in [6, 6.07) is 9.46. The van der Waals surface area contributed by atoms with E-state index in [9.17, 15) is 4.79 Å². The molecule has 0 atom stereocenters. The summed E-state index contributed by atoms with van der Waals surface area (Å²) in [6.07, 6.45) is 9.04. The predicted molar refractivity (Wildman–Crippen MR) is 74.1 cm³/mol. The highest BCUT2D eigenvalue weighted by Crippen LogP contribution is 2.44. The van der Waals surface area contributed by atoms with Crippen LogP contribution >= 0.6 is 0 Å². The lowest BCUT2D eigenvalue weighted by Gasteiger charge is -2.38. The largest absolute Gasteiger partial charge is 0.326 e. The maximum Gasteiger partial charge on any atom is 0.231 e. The van der Waals surface area contributed by atoms with E-state index in [1.165, 1.54) is 0 Å². The average Bonchev–Trinajstić information content (AvgIpc) is 2.36. The van der Waals surface area contributed by atoms with E-state index in [1.807, 2.05) is 24.3 Å². The van der Waals surface area contributed by atoms with Crippen molar-refractivity contribution in [1.82, 2.24) is 0 Å². The fourth-order valence-corrected chi connectivity index (χ4v) is 2.34. The molecule has 0 aromatic heterocycles. The summed E-state index contributed by atoms with van der Waals surface area (Å²) in [5.41, 5.74) is 1.34. The van der Waals surface area contributed by atoms with Gasteiger partial charge < -0.3 is 5.32 Å². The third-order valence-electron chi connectivity index (χ3n) is 3.73. The zero-order valence-corrected chi connectivity index (χ0v) is 10.8. The number of carbonyl (C=O) groups is 1. The van der Waals surface area contributed by atoms with E-state index in [-0.39, 0.29) is 11.3 Å². The molecule has 2 rings (SSSR count). The minimum Gasteiger partial charge on any atom is -0.326 e. The predicted octanol–water partition coefficient (Wildman–Crippen LogP) is 2.88. The number of nitrogens with one attached hydrogen (secondary N) is 1. The van der Waals surface area contributed by atoms with Crippen LogP contribution in [0.5, 0.6) is 0 Å². The molecule has 3 heteroatoms. The maximum atomic E-state index is 12.3. The van der Waals surface area contributed by atoms with Crippen molar-refractivity contribution in [2.75, 3.05) is 5.32 Å². The van der Waals surface area contributed by atoms with Gasteiger partial charge in [0, 0.05) is 12.1 Å². The molecule has 1 aliphatic rings. The van der Waals surface area contributed by atoms with E-state index in [0.717, 1.165) is 30.5 Å². The molecule has 1 aliphatic carbocycles. The summed E-state index contributed by atoms with van der Waals surface area (Å²) in [5, 5.41) is 11.5. The monoisotopic (exact) mass is 252 g/mol. The van der Waals surface area contributed by atoms with Gasteiger partial charge in [0.15, 0.2) is 0 Å². The van der Waals surface area contributed by atoms with Crippen molar-refractivity contribution in [3.8, 4) is 18.4 Å². The molecule has 0 bridgehead atoms. The normalized spacial score (nSPS) is 15.7. The summed E-state index contributed by atoms with van der Waals surface area (Å²) < 4.78 is 0. The van der Waals surface area contributed by atoms with Crippen LogP contribution in [0.25, 0.3) is 0 Å². The lowest BCUT2D eigenvalue weighted by molar-refractivity contribution is -0.129. The maximum absolute atomic E-state index is 12.3. The number of nitriles is 1. The molecule has 1 amide bonds. The number of carbonyl (C=O) groups excluding carboxylic acids is 1. The smallest absolute Gasteiger partial charge is 0.231 e. The lowest BCUT2D eigenvalue weighted by Crippen LogP contribution is -2.41. The quantitative estimate of drug-likeness (QED) is 0.838. The molecule has 3 nitrogen and oxygen atoms in total. The van der Waals surface area contributed by atoms with E-state index in [0.29, 0.717) is 12.8 Å². The van der Waals surface area contributed by atoms with Crippen LogP contribution in [-0.4, -0.2) is 5.91 Å². The van der Waals surface area contributed by atoms with Crippen LogP contribution in [0.1, 0.15) is 31.2 Å². The minimum absolute atomic E-state index is 0.0183. The number of anilines is 1. The molecular formula is C16H16N2O. The van der Waals surface area contributed by atoms with Crippen molar-refractivity contribution >= 4 is 11.6 Å². The summed E-state index contributed by atoms with van der Waals surface area (Å²) >= 11 is 0. The van der Waals surface area contributed by atoms with Gasteiger partial charge in [-0.25, -0.2) is 0 Å². The Hall–Kier alpha value is -2.26. The topological polar surface area (TPSA) is 52.9 Å². The Morgan fingerprint density at radius 3 is 2.53 bits per heavy atom. The fraction of sp³-hybridized carbons (Fsp3) is 0.375. The van der Waals surface area contributed by atoms with Crippen LogP contribution in [0.15, 0.2) is 24.3 Å². The van der Waals surface area contributed by atoms with Gasteiger partial charge in [-0.15, -0.1) is 12.3 Å². The third-order valence-corrected chi connectivity index (χ3v) is 3.73. The number of amides is 1. The van der Waals surface area contributed by atoms with Crippen LogP contribution in [0.3, 0.4) is 0 Å². The Morgan fingerprint density at radius 2 is 2.05 bits per heavy atom. The van der Waals surface area contributed by atoms with Gasteiger partial charge in [0.25, 0.3) is 0 Å². The number of terminal acetylenes is 1. The molecule has 0 heterocycles. The Kier molecular flexibility index (Phi) is 3.88. The molecule has 1 aromatic rings. The average molecular weight is 252 g/mol. The van der Waals surface area contributed by atoms with Gasteiger partial charge in [0.2, 0.25) is 5.91 Å². The Labute approximate surface area is 113 Å². The summed E-state index contributed by atoms with van der Waals surface area (Å²) in [5.74, 6) is 2.62. The molecule has 0 spiro atoms. The Bertz CT molecular complexity index is 542. The van der Waals surface area contributed by atoms with E-state index < -0.39 is 0 Å². The SMILES string of the molecule is C#CCC1(C(=O)Nc2ccc(CC#N)cc2)CCC1. The number of hydrogen-bond acceptors (Lipinski definition) is 2. The van der Waals surface area contributed by atoms with Crippen molar-refractivity contribution in [2.45, 2.75) is 32.1 Å². The molecule has 0 unspecified atom stereocenters. The van der Waals surface area contributed by atoms with Crippen molar-refractivity contribution in [1.29, 1.82) is 5.26 Å². The standard InChI is InChI=1S/C16H16N2O/c1-2-9-16(10-3-11-16)15(19)18-14-6-4-13(5-7-14)8-12-17/h1,4-7H,3,8-11H2,(H,18,19). The molecule has 0 saturated heterocycles. The van der Waals surface area contributed by atoms with Gasteiger partial charge in [-0.2, -0.15) is 5.26 Å². The highest BCUT2D eigenvalue weighted by molar-refractivity contribution is 5.96. The highest BCUT2D eigenvalue weighted by Gasteiger charge is 2.43. The lowest BCUT2D eigenvalue weighted by atomic mass is 9.66. The van der Waals surface area contributed by atoms with Crippen LogP contribution in [0, 0.1) is 29.1 Å². The van der Waals surface area contributed by atoms with Gasteiger partial charge in [-0.1, -0.05) is 18.6 Å². The van der Waals surface area contributed by atoms with Crippen LogP contribution < -0.4 is 5.32 Å². The van der Waals surface area contributed by atoms with E-state index in [2.05, 4.69) is 17.3 Å². The number of rotatable bonds is 4. The third kappa shape index (κ3) is 2.77. The first-order chi connectivity index (χ1) is 9.20. The van der Waals surface area contributed by atoms with Crippen molar-refractivity contribution in [2.24, 2.45) is 5.41 Å². The molecule has 0 aliphatic heterocycles. The van der Waals surface area contributed by atoms with E-state index in [1.54, 1.807) is 0 Å². The van der Waals surface area contributed by atoms with E-state index in [4.69, 9.17) is 11.7 Å². The van der Waals surface area contributed by atoms with Gasteiger partial charge in [-0.3, -0.25) is 4.79 Å². The molecule has 1 N–H and O–H groups in total. The zero-order valence-electron chi connectivity index (χ0n) is 10.8. The van der Waals surface area contributed by atoms with Gasteiger partial charge in [-0.05, 0) is 30.5 Å². The second-order valence-electron chi connectivity index (χ2n) is 5.00. The van der Waals surface area contributed by atoms with Gasteiger partial charge >= 0.3 is 0 Å². The van der Waals surface area contributed by atoms with Crippen LogP contribution in [-0.2, 0) is 11.2 Å². The van der Waals surface area contributed by atoms with Crippen molar-refractivity contribution in [3.63, 3.8) is 0 Å². The number of hydrogen-bond donors (Lipinski definition) is 1. The van der Waals surface area contributed by atoms with Crippen LogP contribution in [0.2, 0.25) is 0 Å². The summed E-state index contributed by atoms with van der Waals surface area (Å²) in [7, 11) is 0. The first-order valence-corrected chi connectivity index (χ1v) is 6.41. The second kappa shape index (κ2) is 5.59. The Morgan fingerprint density at radius 1 is 1.37 bits per heavy atom.